The Morgan fingerprint density at radius 3 is 2.72 bits per heavy atom. The fraction of sp³-hybridized carbons (Fsp3) is 0.500. The first kappa shape index (κ1) is 22.9. The highest BCUT2D eigenvalue weighted by Gasteiger charge is 2.30. The van der Waals surface area contributed by atoms with E-state index in [4.69, 9.17) is 32.9 Å². The maximum absolute atomic E-state index is 12.7. The first-order valence-corrected chi connectivity index (χ1v) is 11.6. The Balaban J connectivity index is 1.44. The molecule has 0 saturated carbocycles. The summed E-state index contributed by atoms with van der Waals surface area (Å²) in [4.78, 5) is 25.9. The van der Waals surface area contributed by atoms with Crippen LogP contribution >= 0.6 is 23.2 Å². The van der Waals surface area contributed by atoms with Gasteiger partial charge in [0, 0.05) is 36.2 Å². The van der Waals surface area contributed by atoms with E-state index in [1.54, 1.807) is 19.4 Å². The van der Waals surface area contributed by atoms with Crippen molar-refractivity contribution in [1.29, 1.82) is 0 Å². The second-order valence-corrected chi connectivity index (χ2v) is 8.92. The van der Waals surface area contributed by atoms with Gasteiger partial charge in [0.2, 0.25) is 11.9 Å². The quantitative estimate of drug-likeness (QED) is 0.658. The van der Waals surface area contributed by atoms with Gasteiger partial charge < -0.3 is 25.2 Å². The molecule has 2 N–H and O–H groups in total. The maximum atomic E-state index is 12.7. The summed E-state index contributed by atoms with van der Waals surface area (Å²) in [6, 6.07) is 5.28. The van der Waals surface area contributed by atoms with Crippen LogP contribution in [-0.2, 0) is 4.79 Å². The summed E-state index contributed by atoms with van der Waals surface area (Å²) >= 11 is 12.4. The predicted molar refractivity (Wildman–Crippen MR) is 127 cm³/mol. The first-order valence-electron chi connectivity index (χ1n) is 10.9. The van der Waals surface area contributed by atoms with Crippen molar-refractivity contribution in [2.24, 2.45) is 0 Å². The zero-order valence-electron chi connectivity index (χ0n) is 18.3. The van der Waals surface area contributed by atoms with Gasteiger partial charge >= 0.3 is 0 Å². The largest absolute Gasteiger partial charge is 0.491 e. The van der Waals surface area contributed by atoms with E-state index in [2.05, 4.69) is 20.5 Å². The Bertz CT molecular complexity index is 961. The number of halogens is 2. The molecule has 2 atom stereocenters. The third kappa shape index (κ3) is 5.03. The van der Waals surface area contributed by atoms with Crippen molar-refractivity contribution in [3.8, 4) is 5.75 Å². The number of nitrogens with zero attached hydrogens (tertiary/aromatic N) is 4. The molecule has 10 heteroatoms. The number of anilines is 2. The number of rotatable bonds is 6. The number of benzene rings is 1. The lowest BCUT2D eigenvalue weighted by Crippen LogP contribution is -2.53. The fourth-order valence-electron chi connectivity index (χ4n) is 4.14. The molecule has 3 heterocycles. The van der Waals surface area contributed by atoms with Crippen LogP contribution in [0.25, 0.3) is 0 Å². The van der Waals surface area contributed by atoms with E-state index in [1.165, 1.54) is 0 Å². The summed E-state index contributed by atoms with van der Waals surface area (Å²) in [6.45, 7) is 5.60. The van der Waals surface area contributed by atoms with Gasteiger partial charge in [-0.25, -0.2) is 4.98 Å². The molecule has 8 nitrogen and oxygen atoms in total. The maximum Gasteiger partial charge on any atom is 0.239 e. The smallest absolute Gasteiger partial charge is 0.239 e. The molecule has 1 aromatic heterocycles. The molecule has 2 aliphatic heterocycles. The van der Waals surface area contributed by atoms with E-state index in [0.29, 0.717) is 53.7 Å². The molecular weight excluding hydrogens is 451 g/mol. The van der Waals surface area contributed by atoms with E-state index in [9.17, 15) is 4.79 Å². The SMILES string of the molecule is COc1cnc(N2CCN(C(=O)[C@H]3CCCN3)CC2)nc1NC(C)c1ccc(Cl)cc1Cl. The molecular formula is C22H28Cl2N6O2. The molecule has 172 valence electrons. The van der Waals surface area contributed by atoms with E-state index in [0.717, 1.165) is 24.9 Å². The Kier molecular flexibility index (Phi) is 7.23. The summed E-state index contributed by atoms with van der Waals surface area (Å²) in [5.74, 6) is 1.94. The fourth-order valence-corrected chi connectivity index (χ4v) is 4.72. The van der Waals surface area contributed by atoms with Crippen LogP contribution in [0.1, 0.15) is 31.4 Å². The van der Waals surface area contributed by atoms with E-state index < -0.39 is 0 Å². The Hall–Kier alpha value is -2.29. The summed E-state index contributed by atoms with van der Waals surface area (Å²) in [5, 5.41) is 7.84. The van der Waals surface area contributed by atoms with Crippen molar-refractivity contribution in [2.75, 3.05) is 50.1 Å². The second kappa shape index (κ2) is 10.1. The van der Waals surface area contributed by atoms with Crippen LogP contribution in [0.4, 0.5) is 11.8 Å². The van der Waals surface area contributed by atoms with Gasteiger partial charge in [-0.05, 0) is 44.0 Å². The number of hydrogen-bond acceptors (Lipinski definition) is 7. The number of ether oxygens (including phenoxy) is 1. The van der Waals surface area contributed by atoms with Gasteiger partial charge in [0.05, 0.1) is 25.4 Å². The van der Waals surface area contributed by atoms with Crippen molar-refractivity contribution in [3.05, 3.63) is 40.0 Å². The number of methoxy groups -OCH3 is 1. The summed E-state index contributed by atoms with van der Waals surface area (Å²) < 4.78 is 5.46. The highest BCUT2D eigenvalue weighted by Crippen LogP contribution is 2.31. The van der Waals surface area contributed by atoms with E-state index in [-0.39, 0.29) is 18.0 Å². The highest BCUT2D eigenvalue weighted by molar-refractivity contribution is 6.35. The molecule has 32 heavy (non-hydrogen) atoms. The van der Waals surface area contributed by atoms with Crippen LogP contribution in [0.15, 0.2) is 24.4 Å². The topological polar surface area (TPSA) is 82.6 Å². The average Bonchev–Trinajstić information content (AvgIpc) is 3.33. The molecule has 1 aromatic carbocycles. The third-order valence-corrected chi connectivity index (χ3v) is 6.54. The number of hydrogen-bond donors (Lipinski definition) is 2. The van der Waals surface area contributed by atoms with Crippen molar-refractivity contribution >= 4 is 40.9 Å². The number of piperazine rings is 1. The lowest BCUT2D eigenvalue weighted by molar-refractivity contribution is -0.133. The van der Waals surface area contributed by atoms with Crippen LogP contribution in [0.3, 0.4) is 0 Å². The zero-order chi connectivity index (χ0) is 22.7. The van der Waals surface area contributed by atoms with Crippen LogP contribution in [0.5, 0.6) is 5.75 Å². The minimum absolute atomic E-state index is 0.0317. The van der Waals surface area contributed by atoms with Crippen molar-refractivity contribution in [2.45, 2.75) is 31.8 Å². The van der Waals surface area contributed by atoms with Crippen LogP contribution in [-0.4, -0.2) is 66.7 Å². The number of nitrogens with one attached hydrogen (secondary N) is 2. The van der Waals surface area contributed by atoms with Gasteiger partial charge in [0.25, 0.3) is 0 Å². The summed E-state index contributed by atoms with van der Waals surface area (Å²) in [7, 11) is 1.59. The third-order valence-electron chi connectivity index (χ3n) is 5.98. The molecule has 2 aliphatic rings. The first-order chi connectivity index (χ1) is 15.5. The Morgan fingerprint density at radius 1 is 1.28 bits per heavy atom. The van der Waals surface area contributed by atoms with Crippen LogP contribution in [0.2, 0.25) is 10.0 Å². The molecule has 1 unspecified atom stereocenters. The summed E-state index contributed by atoms with van der Waals surface area (Å²) in [6.07, 6.45) is 3.65. The van der Waals surface area contributed by atoms with Gasteiger partial charge in [-0.3, -0.25) is 4.79 Å². The van der Waals surface area contributed by atoms with Crippen molar-refractivity contribution in [1.82, 2.24) is 20.2 Å². The van der Waals surface area contributed by atoms with Crippen LogP contribution in [0, 0.1) is 0 Å². The van der Waals surface area contributed by atoms with Crippen LogP contribution < -0.4 is 20.3 Å². The van der Waals surface area contributed by atoms with Crippen molar-refractivity contribution in [3.63, 3.8) is 0 Å². The Labute approximate surface area is 198 Å². The molecule has 0 bridgehead atoms. The van der Waals surface area contributed by atoms with Gasteiger partial charge in [0.1, 0.15) is 0 Å². The van der Waals surface area contributed by atoms with Gasteiger partial charge in [-0.2, -0.15) is 4.98 Å². The average molecular weight is 479 g/mol. The van der Waals surface area contributed by atoms with Gasteiger partial charge in [0.15, 0.2) is 11.6 Å². The number of carbonyl (C=O) groups excluding carboxylic acids is 1. The number of aromatic nitrogens is 2. The monoisotopic (exact) mass is 478 g/mol. The normalized spacial score (nSPS) is 19.7. The minimum atomic E-state index is -0.121. The minimum Gasteiger partial charge on any atom is -0.491 e. The number of amides is 1. The van der Waals surface area contributed by atoms with Gasteiger partial charge in [-0.1, -0.05) is 29.3 Å². The molecule has 2 saturated heterocycles. The molecule has 2 fully saturated rings. The molecule has 2 aromatic rings. The number of carbonyl (C=O) groups is 1. The van der Waals surface area contributed by atoms with Crippen molar-refractivity contribution < 1.29 is 9.53 Å². The summed E-state index contributed by atoms with van der Waals surface area (Å²) in [5.41, 5.74) is 0.908. The predicted octanol–water partition coefficient (Wildman–Crippen LogP) is 3.37. The molecule has 1 amide bonds. The zero-order valence-corrected chi connectivity index (χ0v) is 19.8. The lowest BCUT2D eigenvalue weighted by atomic mass is 10.1. The van der Waals surface area contributed by atoms with E-state index >= 15 is 0 Å². The standard InChI is InChI=1S/C22H28Cl2N6O2/c1-14(16-6-5-15(23)12-17(16)24)27-20-19(32-2)13-26-22(28-20)30-10-8-29(9-11-30)21(31)18-4-3-7-25-18/h5-6,12-14,18,25H,3-4,7-11H2,1-2H3,(H,26,27,28)/t14?,18-/m1/s1. The highest BCUT2D eigenvalue weighted by atomic mass is 35.5. The van der Waals surface area contributed by atoms with E-state index in [1.807, 2.05) is 24.0 Å². The second-order valence-electron chi connectivity index (χ2n) is 8.08. The molecule has 0 radical (unpaired) electrons. The molecule has 4 rings (SSSR count). The lowest BCUT2D eigenvalue weighted by Gasteiger charge is -2.36. The Morgan fingerprint density at radius 2 is 2.06 bits per heavy atom. The van der Waals surface area contributed by atoms with Gasteiger partial charge in [-0.15, -0.1) is 0 Å². The molecule has 0 spiro atoms. The molecule has 0 aliphatic carbocycles.